The average Bonchev–Trinajstić information content (AvgIpc) is 3.47. The number of nitrogens with zero attached hydrogens (tertiary/aromatic N) is 2. The van der Waals surface area contributed by atoms with Gasteiger partial charge in [0.2, 0.25) is 10.0 Å². The zero-order chi connectivity index (χ0) is 26.3. The van der Waals surface area contributed by atoms with Crippen LogP contribution in [-0.2, 0) is 24.4 Å². The van der Waals surface area contributed by atoms with Crippen molar-refractivity contribution in [2.24, 2.45) is 5.16 Å². The van der Waals surface area contributed by atoms with Crippen molar-refractivity contribution in [2.45, 2.75) is 63.5 Å². The zero-order valence-electron chi connectivity index (χ0n) is 20.5. The molecule has 1 aromatic carbocycles. The molecule has 0 saturated heterocycles. The van der Waals surface area contributed by atoms with Crippen molar-refractivity contribution in [3.8, 4) is 0 Å². The van der Waals surface area contributed by atoms with E-state index < -0.39 is 34.5 Å². The van der Waals surface area contributed by atoms with Crippen LogP contribution in [-0.4, -0.2) is 66.3 Å². The Labute approximate surface area is 210 Å². The van der Waals surface area contributed by atoms with Crippen LogP contribution >= 0.6 is 0 Å². The molecule has 0 fully saturated rings. The Balaban J connectivity index is 1.46. The molecule has 0 bridgehead atoms. The van der Waals surface area contributed by atoms with E-state index >= 15 is 0 Å². The lowest BCUT2D eigenvalue weighted by Gasteiger charge is -2.18. The highest BCUT2D eigenvalue weighted by atomic mass is 32.2. The molecular formula is C23H32N6O6S. The highest BCUT2D eigenvalue weighted by Crippen LogP contribution is 2.22. The van der Waals surface area contributed by atoms with Crippen molar-refractivity contribution in [3.05, 3.63) is 41.2 Å². The summed E-state index contributed by atoms with van der Waals surface area (Å²) in [6, 6.07) is 1.87. The van der Waals surface area contributed by atoms with Crippen molar-refractivity contribution in [2.75, 3.05) is 18.4 Å². The van der Waals surface area contributed by atoms with E-state index in [-0.39, 0.29) is 16.7 Å². The number of carboxylic acid groups (broad SMARTS) is 1. The summed E-state index contributed by atoms with van der Waals surface area (Å²) >= 11 is 0. The molecule has 2 heterocycles. The van der Waals surface area contributed by atoms with Crippen LogP contribution in [0.25, 0.3) is 0 Å². The summed E-state index contributed by atoms with van der Waals surface area (Å²) in [6.07, 6.45) is 5.88. The molecule has 36 heavy (non-hydrogen) atoms. The molecule has 2 atom stereocenters. The van der Waals surface area contributed by atoms with Gasteiger partial charge in [0.15, 0.2) is 5.95 Å². The number of carboxylic acids is 1. The predicted molar refractivity (Wildman–Crippen MR) is 133 cm³/mol. The maximum absolute atomic E-state index is 12.9. The van der Waals surface area contributed by atoms with Crippen molar-refractivity contribution in [1.29, 1.82) is 0 Å². The molecule has 2 unspecified atom stereocenters. The molecule has 0 aliphatic carbocycles. The van der Waals surface area contributed by atoms with Crippen molar-refractivity contribution < 1.29 is 28.0 Å². The number of unbranched alkanes of at least 4 members (excludes halogenated alkanes) is 1. The summed E-state index contributed by atoms with van der Waals surface area (Å²) in [4.78, 5) is 36.6. The third-order valence-electron chi connectivity index (χ3n) is 5.67. The molecule has 0 saturated carbocycles. The van der Waals surface area contributed by atoms with Crippen LogP contribution in [0.2, 0.25) is 0 Å². The third kappa shape index (κ3) is 7.28. The molecule has 1 aliphatic rings. The highest BCUT2D eigenvalue weighted by molar-refractivity contribution is 7.89. The van der Waals surface area contributed by atoms with E-state index in [4.69, 9.17) is 4.84 Å². The number of aryl methyl sites for hydroxylation is 3. The number of carbonyl (C=O) groups is 2. The lowest BCUT2D eigenvalue weighted by Crippen LogP contribution is -2.49. The fourth-order valence-electron chi connectivity index (χ4n) is 4.10. The van der Waals surface area contributed by atoms with Gasteiger partial charge in [0.05, 0.1) is 4.90 Å². The van der Waals surface area contributed by atoms with Gasteiger partial charge < -0.3 is 25.6 Å². The Kier molecular flexibility index (Phi) is 9.04. The summed E-state index contributed by atoms with van der Waals surface area (Å²) in [6.45, 7) is 5.44. The van der Waals surface area contributed by atoms with Gasteiger partial charge in [-0.2, -0.15) is 4.72 Å². The van der Waals surface area contributed by atoms with Gasteiger partial charge in [-0.1, -0.05) is 22.9 Å². The number of H-pyrrole nitrogens is 1. The summed E-state index contributed by atoms with van der Waals surface area (Å²) in [5.41, 5.74) is 2.06. The van der Waals surface area contributed by atoms with Gasteiger partial charge in [0.1, 0.15) is 17.9 Å². The minimum atomic E-state index is -4.14. The number of rotatable bonds is 13. The second-order valence-corrected chi connectivity index (χ2v) is 10.4. The molecule has 0 spiro atoms. The number of carbonyl (C=O) groups excluding carboxylic acids is 1. The number of aromatic nitrogens is 2. The van der Waals surface area contributed by atoms with E-state index in [9.17, 15) is 23.1 Å². The molecule has 1 aromatic heterocycles. The van der Waals surface area contributed by atoms with E-state index in [2.05, 4.69) is 30.5 Å². The number of nitrogens with one attached hydrogen (secondary N) is 4. The third-order valence-corrected chi connectivity index (χ3v) is 7.45. The van der Waals surface area contributed by atoms with Gasteiger partial charge in [0.25, 0.3) is 5.91 Å². The second-order valence-electron chi connectivity index (χ2n) is 8.78. The minimum absolute atomic E-state index is 0.0291. The van der Waals surface area contributed by atoms with E-state index in [0.717, 1.165) is 24.9 Å². The Morgan fingerprint density at radius 2 is 1.94 bits per heavy atom. The van der Waals surface area contributed by atoms with Gasteiger partial charge >= 0.3 is 5.97 Å². The number of amides is 1. The SMILES string of the molecule is Cc1cc(C)c(S(=O)(=O)NC(CNC(=O)C2=NOC(CCCCNc3ncc[nH]3)C2)C(=O)O)c(C)c1. The van der Waals surface area contributed by atoms with Crippen molar-refractivity contribution >= 4 is 33.6 Å². The number of sulfonamides is 1. The van der Waals surface area contributed by atoms with Gasteiger partial charge in [-0.15, -0.1) is 0 Å². The van der Waals surface area contributed by atoms with Crippen LogP contribution in [0.15, 0.2) is 34.6 Å². The summed E-state index contributed by atoms with van der Waals surface area (Å²) in [5, 5.41) is 19.0. The van der Waals surface area contributed by atoms with Crippen LogP contribution in [0, 0.1) is 20.8 Å². The predicted octanol–water partition coefficient (Wildman–Crippen LogP) is 1.61. The number of hydrogen-bond donors (Lipinski definition) is 5. The molecule has 5 N–H and O–H groups in total. The van der Waals surface area contributed by atoms with E-state index in [0.29, 0.717) is 29.9 Å². The smallest absolute Gasteiger partial charge is 0.323 e. The maximum Gasteiger partial charge on any atom is 0.323 e. The van der Waals surface area contributed by atoms with E-state index in [1.165, 1.54) is 0 Å². The summed E-state index contributed by atoms with van der Waals surface area (Å²) in [7, 11) is -4.14. The van der Waals surface area contributed by atoms with E-state index in [1.54, 1.807) is 38.4 Å². The molecule has 1 aliphatic heterocycles. The number of benzene rings is 1. The highest BCUT2D eigenvalue weighted by Gasteiger charge is 2.30. The number of oxime groups is 1. The Bertz CT molecular complexity index is 1190. The first kappa shape index (κ1) is 27.1. The van der Waals surface area contributed by atoms with Gasteiger partial charge in [-0.05, 0) is 51.2 Å². The second kappa shape index (κ2) is 12.0. The Hall–Kier alpha value is -3.45. The standard InChI is InChI=1S/C23H32N6O6S/c1-14-10-15(2)20(16(3)11-14)36(33,34)29-19(22(31)32)13-27-21(30)18-12-17(35-28-18)6-4-5-7-24-23-25-8-9-26-23/h8-11,17,19,29H,4-7,12-13H2,1-3H3,(H,27,30)(H,31,32)(H2,24,25,26). The molecule has 13 heteroatoms. The van der Waals surface area contributed by atoms with Gasteiger partial charge in [-0.25, -0.2) is 13.4 Å². The number of imidazole rings is 1. The average molecular weight is 521 g/mol. The van der Waals surface area contributed by atoms with Crippen LogP contribution in [0.4, 0.5) is 5.95 Å². The number of aliphatic carboxylic acids is 1. The van der Waals surface area contributed by atoms with Gasteiger partial charge in [0, 0.05) is 31.9 Å². The number of aromatic amines is 1. The number of anilines is 1. The molecule has 196 valence electrons. The molecule has 12 nitrogen and oxygen atoms in total. The maximum atomic E-state index is 12.9. The lowest BCUT2D eigenvalue weighted by atomic mass is 10.1. The first-order valence-corrected chi connectivity index (χ1v) is 13.1. The summed E-state index contributed by atoms with van der Waals surface area (Å²) < 4.78 is 28.0. The molecule has 3 rings (SSSR count). The molecular weight excluding hydrogens is 488 g/mol. The molecule has 1 amide bonds. The fourth-order valence-corrected chi connectivity index (χ4v) is 5.74. The van der Waals surface area contributed by atoms with Crippen LogP contribution in [0.1, 0.15) is 42.4 Å². The van der Waals surface area contributed by atoms with Crippen LogP contribution in [0.3, 0.4) is 0 Å². The van der Waals surface area contributed by atoms with Crippen LogP contribution in [0.5, 0.6) is 0 Å². The summed E-state index contributed by atoms with van der Waals surface area (Å²) in [5.74, 6) is -1.29. The van der Waals surface area contributed by atoms with E-state index in [1.807, 2.05) is 6.92 Å². The largest absolute Gasteiger partial charge is 0.480 e. The first-order valence-electron chi connectivity index (χ1n) is 11.6. The topological polar surface area (TPSA) is 175 Å². The van der Waals surface area contributed by atoms with Gasteiger partial charge in [-0.3, -0.25) is 9.59 Å². The normalized spacial score (nSPS) is 16.2. The minimum Gasteiger partial charge on any atom is -0.480 e. The zero-order valence-corrected chi connectivity index (χ0v) is 21.3. The lowest BCUT2D eigenvalue weighted by molar-refractivity contribution is -0.138. The Morgan fingerprint density at radius 1 is 1.22 bits per heavy atom. The molecule has 2 aromatic rings. The quantitative estimate of drug-likeness (QED) is 0.248. The first-order chi connectivity index (χ1) is 17.1. The fraction of sp³-hybridized carbons (Fsp3) is 0.478. The monoisotopic (exact) mass is 520 g/mol. The van der Waals surface area contributed by atoms with Crippen molar-refractivity contribution in [1.82, 2.24) is 20.0 Å². The van der Waals surface area contributed by atoms with Crippen LogP contribution < -0.4 is 15.4 Å². The molecule has 0 radical (unpaired) electrons. The van der Waals surface area contributed by atoms with Crippen molar-refractivity contribution in [3.63, 3.8) is 0 Å². The number of hydrogen-bond acceptors (Lipinski definition) is 8. The Morgan fingerprint density at radius 3 is 2.58 bits per heavy atom.